The van der Waals surface area contributed by atoms with Crippen LogP contribution in [0.15, 0.2) is 48.5 Å². The van der Waals surface area contributed by atoms with Crippen molar-refractivity contribution < 1.29 is 28.7 Å². The fourth-order valence-corrected chi connectivity index (χ4v) is 6.15. The number of nitrogens with one attached hydrogen (secondary N) is 2. The molecule has 0 spiro atoms. The molecule has 1 aliphatic carbocycles. The second-order valence-electron chi connectivity index (χ2n) is 12.1. The molecule has 0 radical (unpaired) electrons. The summed E-state index contributed by atoms with van der Waals surface area (Å²) in [5.41, 5.74) is 1.09. The Morgan fingerprint density at radius 2 is 1.67 bits per heavy atom. The molecule has 9 nitrogen and oxygen atoms in total. The Morgan fingerprint density at radius 1 is 0.976 bits per heavy atom. The number of hydrogen-bond acceptors (Lipinski definition) is 6. The molecule has 1 saturated heterocycles. The van der Waals surface area contributed by atoms with E-state index >= 15 is 0 Å². The van der Waals surface area contributed by atoms with Gasteiger partial charge in [0.2, 0.25) is 11.8 Å². The minimum Gasteiger partial charge on any atom is -0.465 e. The highest BCUT2D eigenvalue weighted by Gasteiger charge is 2.44. The van der Waals surface area contributed by atoms with Crippen LogP contribution in [0.4, 0.5) is 10.5 Å². The quantitative estimate of drug-likeness (QED) is 0.391. The van der Waals surface area contributed by atoms with Crippen molar-refractivity contribution in [3.63, 3.8) is 0 Å². The molecule has 2 unspecified atom stereocenters. The molecule has 1 heterocycles. The summed E-state index contributed by atoms with van der Waals surface area (Å²) in [4.78, 5) is 53.4. The van der Waals surface area contributed by atoms with Crippen LogP contribution in [-0.4, -0.2) is 60.6 Å². The number of halogens is 1. The molecule has 226 valence electrons. The van der Waals surface area contributed by atoms with Crippen molar-refractivity contribution >= 4 is 41.2 Å². The monoisotopic (exact) mass is 597 g/mol. The Kier molecular flexibility index (Phi) is 10.1. The number of esters is 1. The fourth-order valence-electron chi connectivity index (χ4n) is 5.89. The van der Waals surface area contributed by atoms with E-state index in [1.807, 2.05) is 51.1 Å². The fraction of sp³-hybridized carbons (Fsp3) is 0.500. The van der Waals surface area contributed by atoms with Crippen molar-refractivity contribution in [1.82, 2.24) is 10.2 Å². The van der Waals surface area contributed by atoms with E-state index in [0.717, 1.165) is 18.4 Å². The molecule has 3 amide bonds. The molecule has 2 aromatic rings. The third-order valence-corrected chi connectivity index (χ3v) is 8.26. The third kappa shape index (κ3) is 7.82. The van der Waals surface area contributed by atoms with Gasteiger partial charge in [-0.25, -0.2) is 9.59 Å². The molecule has 2 N–H and O–H groups in total. The molecule has 0 bridgehead atoms. The van der Waals surface area contributed by atoms with Gasteiger partial charge in [0.15, 0.2) is 0 Å². The summed E-state index contributed by atoms with van der Waals surface area (Å²) in [6.45, 7) is 6.48. The van der Waals surface area contributed by atoms with Gasteiger partial charge in [0.25, 0.3) is 0 Å². The summed E-state index contributed by atoms with van der Waals surface area (Å²) >= 11 is 6.28. The van der Waals surface area contributed by atoms with Crippen LogP contribution >= 0.6 is 11.6 Å². The summed E-state index contributed by atoms with van der Waals surface area (Å²) in [7, 11) is 1.27. The van der Waals surface area contributed by atoms with E-state index in [0.29, 0.717) is 38.0 Å². The molecular weight excluding hydrogens is 558 g/mol. The Morgan fingerprint density at radius 3 is 2.29 bits per heavy atom. The Balaban J connectivity index is 1.44. The highest BCUT2D eigenvalue weighted by atomic mass is 35.5. The zero-order chi connectivity index (χ0) is 30.4. The van der Waals surface area contributed by atoms with Crippen molar-refractivity contribution in [2.75, 3.05) is 25.5 Å². The van der Waals surface area contributed by atoms with Gasteiger partial charge in [0, 0.05) is 30.6 Å². The van der Waals surface area contributed by atoms with E-state index in [-0.39, 0.29) is 40.2 Å². The predicted octanol–water partition coefficient (Wildman–Crippen LogP) is 5.78. The molecular formula is C32H40ClN3O6. The molecule has 42 heavy (non-hydrogen) atoms. The first-order chi connectivity index (χ1) is 20.0. The number of hydrogen-bond donors (Lipinski definition) is 2. The first-order valence-corrected chi connectivity index (χ1v) is 14.9. The molecule has 2 fully saturated rings. The number of benzene rings is 2. The summed E-state index contributed by atoms with van der Waals surface area (Å²) in [6.07, 6.45) is 3.26. The summed E-state index contributed by atoms with van der Waals surface area (Å²) in [6, 6.07) is 13.7. The van der Waals surface area contributed by atoms with Crippen LogP contribution in [-0.2, 0) is 19.1 Å². The van der Waals surface area contributed by atoms with Crippen LogP contribution in [0.2, 0.25) is 5.02 Å². The second kappa shape index (κ2) is 13.6. The third-order valence-electron chi connectivity index (χ3n) is 7.95. The van der Waals surface area contributed by atoms with Crippen LogP contribution in [0.5, 0.6) is 0 Å². The molecule has 2 aromatic carbocycles. The molecule has 1 saturated carbocycles. The van der Waals surface area contributed by atoms with Crippen LogP contribution in [0.3, 0.4) is 0 Å². The highest BCUT2D eigenvalue weighted by molar-refractivity contribution is 6.34. The van der Waals surface area contributed by atoms with E-state index in [4.69, 9.17) is 21.1 Å². The maximum Gasteiger partial charge on any atom is 0.407 e. The van der Waals surface area contributed by atoms with E-state index in [1.54, 1.807) is 11.0 Å². The minimum absolute atomic E-state index is 0.00814. The van der Waals surface area contributed by atoms with E-state index in [1.165, 1.54) is 19.2 Å². The molecule has 10 heteroatoms. The predicted molar refractivity (Wildman–Crippen MR) is 160 cm³/mol. The Hall–Kier alpha value is -3.59. The second-order valence-corrected chi connectivity index (χ2v) is 12.5. The van der Waals surface area contributed by atoms with Gasteiger partial charge in [0.1, 0.15) is 11.6 Å². The lowest BCUT2D eigenvalue weighted by Crippen LogP contribution is -2.48. The molecule has 2 atom stereocenters. The van der Waals surface area contributed by atoms with Crippen LogP contribution in [0, 0.1) is 11.8 Å². The van der Waals surface area contributed by atoms with Gasteiger partial charge >= 0.3 is 12.1 Å². The summed E-state index contributed by atoms with van der Waals surface area (Å²) < 4.78 is 10.1. The van der Waals surface area contributed by atoms with Crippen molar-refractivity contribution in [3.8, 4) is 0 Å². The normalized spacial score (nSPS) is 22.3. The van der Waals surface area contributed by atoms with Crippen molar-refractivity contribution in [2.45, 2.75) is 70.4 Å². The van der Waals surface area contributed by atoms with Crippen LogP contribution < -0.4 is 10.6 Å². The SMILES string of the molecule is COC(=O)c1ccc(NC(=O)C2C(c3ccccc3)CCN2C(=O)[C@H]2CC[C@H](CNC(=O)OC(C)(C)C)CC2)cc1Cl. The number of alkyl carbamates (subject to hydrolysis) is 1. The number of rotatable bonds is 7. The van der Waals surface area contributed by atoms with E-state index in [2.05, 4.69) is 10.6 Å². The first kappa shape index (κ1) is 31.3. The maximum atomic E-state index is 13.9. The minimum atomic E-state index is -0.689. The first-order valence-electron chi connectivity index (χ1n) is 14.5. The van der Waals surface area contributed by atoms with Crippen molar-refractivity contribution in [3.05, 3.63) is 64.7 Å². The number of carbonyl (C=O) groups is 4. The number of ether oxygens (including phenoxy) is 2. The Bertz CT molecular complexity index is 1290. The maximum absolute atomic E-state index is 13.9. The lowest BCUT2D eigenvalue weighted by molar-refractivity contribution is -0.141. The Labute approximate surface area is 252 Å². The van der Waals surface area contributed by atoms with Gasteiger partial charge in [0.05, 0.1) is 17.7 Å². The van der Waals surface area contributed by atoms with Gasteiger partial charge in [-0.3, -0.25) is 9.59 Å². The molecule has 4 rings (SSSR count). The van der Waals surface area contributed by atoms with E-state index in [9.17, 15) is 19.2 Å². The van der Waals surface area contributed by atoms with Crippen molar-refractivity contribution in [2.24, 2.45) is 11.8 Å². The highest BCUT2D eigenvalue weighted by Crippen LogP contribution is 2.38. The standard InChI is InChI=1S/C32H40ClN3O6/c1-32(2,3)42-31(40)34-19-20-10-12-22(13-11-20)29(38)36-17-16-24(21-8-6-5-7-9-21)27(36)28(37)35-23-14-15-25(26(33)18-23)30(39)41-4/h5-9,14-15,18,20,22,24,27H,10-13,16-17,19H2,1-4H3,(H,34,40)(H,35,37)/t20-,22-,24?,27?. The van der Waals surface area contributed by atoms with Crippen LogP contribution in [0.25, 0.3) is 0 Å². The average Bonchev–Trinajstić information content (AvgIpc) is 3.41. The zero-order valence-corrected chi connectivity index (χ0v) is 25.4. The number of nitrogens with zero attached hydrogens (tertiary/aromatic N) is 1. The number of likely N-dealkylation sites (tertiary alicyclic amines) is 1. The van der Waals surface area contributed by atoms with Gasteiger partial charge in [-0.2, -0.15) is 0 Å². The summed E-state index contributed by atoms with van der Waals surface area (Å²) in [5, 5.41) is 5.94. The van der Waals surface area contributed by atoms with Gasteiger partial charge < -0.3 is 25.0 Å². The lowest BCUT2D eigenvalue weighted by atomic mass is 9.81. The lowest BCUT2D eigenvalue weighted by Gasteiger charge is -2.34. The zero-order valence-electron chi connectivity index (χ0n) is 24.7. The molecule has 0 aromatic heterocycles. The molecule has 2 aliphatic rings. The largest absolute Gasteiger partial charge is 0.465 e. The number of amides is 3. The van der Waals surface area contributed by atoms with Crippen LogP contribution in [0.1, 0.15) is 74.7 Å². The summed E-state index contributed by atoms with van der Waals surface area (Å²) in [5.74, 6) is -0.937. The van der Waals surface area contributed by atoms with Gasteiger partial charge in [-0.15, -0.1) is 0 Å². The van der Waals surface area contributed by atoms with Gasteiger partial charge in [-0.1, -0.05) is 41.9 Å². The van der Waals surface area contributed by atoms with Gasteiger partial charge in [-0.05, 0) is 82.6 Å². The number of carbonyl (C=O) groups excluding carboxylic acids is 4. The number of anilines is 1. The van der Waals surface area contributed by atoms with E-state index < -0.39 is 23.7 Å². The smallest absolute Gasteiger partial charge is 0.407 e. The van der Waals surface area contributed by atoms with Crippen molar-refractivity contribution in [1.29, 1.82) is 0 Å². The molecule has 1 aliphatic heterocycles. The number of methoxy groups -OCH3 is 1. The average molecular weight is 598 g/mol. The topological polar surface area (TPSA) is 114 Å².